The maximum absolute atomic E-state index is 12.7. The van der Waals surface area contributed by atoms with Gasteiger partial charge in [-0.3, -0.25) is 0 Å². The van der Waals surface area contributed by atoms with Crippen molar-refractivity contribution in [3.8, 4) is 0 Å². The van der Waals surface area contributed by atoms with Crippen molar-refractivity contribution < 1.29 is 8.42 Å². The molecule has 0 bridgehead atoms. The van der Waals surface area contributed by atoms with Gasteiger partial charge in [-0.15, -0.1) is 0 Å². The third-order valence-electron chi connectivity index (χ3n) is 4.68. The molecule has 0 saturated carbocycles. The first-order chi connectivity index (χ1) is 12.6. The van der Waals surface area contributed by atoms with Gasteiger partial charge < -0.3 is 5.32 Å². The van der Waals surface area contributed by atoms with Gasteiger partial charge in [-0.25, -0.2) is 13.1 Å². The van der Waals surface area contributed by atoms with Gasteiger partial charge in [-0.05, 0) is 81.3 Å². The quantitative estimate of drug-likeness (QED) is 0.692. The molecule has 27 heavy (non-hydrogen) atoms. The standard InChI is InChI=1S/C22H32N2O2S/c1-15(7-8-23-21-12-16(2)9-17(3)13-21)14-24-27(25,26)22-19(5)10-18(4)11-20(22)6/h9-13,15,23-24H,7-8,14H2,1-6H3. The second-order valence-corrected chi connectivity index (χ2v) is 9.48. The molecule has 0 fully saturated rings. The zero-order chi connectivity index (χ0) is 20.2. The van der Waals surface area contributed by atoms with Crippen LogP contribution in [0.5, 0.6) is 0 Å². The smallest absolute Gasteiger partial charge is 0.241 e. The van der Waals surface area contributed by atoms with Crippen LogP contribution < -0.4 is 10.0 Å². The van der Waals surface area contributed by atoms with Crippen LogP contribution >= 0.6 is 0 Å². The summed E-state index contributed by atoms with van der Waals surface area (Å²) in [6, 6.07) is 10.2. The van der Waals surface area contributed by atoms with E-state index in [-0.39, 0.29) is 5.92 Å². The molecule has 2 rings (SSSR count). The van der Waals surface area contributed by atoms with Crippen molar-refractivity contribution in [1.29, 1.82) is 0 Å². The van der Waals surface area contributed by atoms with Crippen LogP contribution in [0.1, 0.15) is 41.2 Å². The average Bonchev–Trinajstić information content (AvgIpc) is 2.50. The highest BCUT2D eigenvalue weighted by Gasteiger charge is 2.20. The molecule has 0 aliphatic carbocycles. The van der Waals surface area contributed by atoms with E-state index >= 15 is 0 Å². The van der Waals surface area contributed by atoms with Crippen molar-refractivity contribution >= 4 is 15.7 Å². The molecule has 4 nitrogen and oxygen atoms in total. The molecule has 5 heteroatoms. The zero-order valence-electron chi connectivity index (χ0n) is 17.3. The summed E-state index contributed by atoms with van der Waals surface area (Å²) in [5.41, 5.74) is 6.26. The number of anilines is 1. The highest BCUT2D eigenvalue weighted by atomic mass is 32.2. The van der Waals surface area contributed by atoms with Crippen LogP contribution in [0, 0.1) is 40.5 Å². The monoisotopic (exact) mass is 388 g/mol. The Morgan fingerprint density at radius 1 is 0.852 bits per heavy atom. The lowest BCUT2D eigenvalue weighted by Gasteiger charge is -2.17. The van der Waals surface area contributed by atoms with Gasteiger partial charge in [0.1, 0.15) is 0 Å². The Morgan fingerprint density at radius 3 is 1.93 bits per heavy atom. The van der Waals surface area contributed by atoms with Gasteiger partial charge in [-0.2, -0.15) is 0 Å². The molecular weight excluding hydrogens is 356 g/mol. The molecule has 1 unspecified atom stereocenters. The van der Waals surface area contributed by atoms with Crippen molar-refractivity contribution in [1.82, 2.24) is 4.72 Å². The van der Waals surface area contributed by atoms with Crippen LogP contribution in [-0.4, -0.2) is 21.5 Å². The minimum atomic E-state index is -3.49. The minimum Gasteiger partial charge on any atom is -0.385 e. The van der Waals surface area contributed by atoms with Crippen molar-refractivity contribution in [3.63, 3.8) is 0 Å². The van der Waals surface area contributed by atoms with E-state index in [1.807, 2.05) is 32.9 Å². The molecule has 0 aliphatic rings. The number of hydrogen-bond donors (Lipinski definition) is 2. The number of benzene rings is 2. The van der Waals surface area contributed by atoms with Gasteiger partial charge in [-0.1, -0.05) is 30.7 Å². The largest absolute Gasteiger partial charge is 0.385 e. The third-order valence-corrected chi connectivity index (χ3v) is 6.41. The van der Waals surface area contributed by atoms with E-state index in [4.69, 9.17) is 0 Å². The average molecular weight is 389 g/mol. The van der Waals surface area contributed by atoms with E-state index in [0.717, 1.165) is 35.3 Å². The van der Waals surface area contributed by atoms with Gasteiger partial charge in [0.25, 0.3) is 0 Å². The maximum Gasteiger partial charge on any atom is 0.241 e. The summed E-state index contributed by atoms with van der Waals surface area (Å²) in [5.74, 6) is 0.240. The maximum atomic E-state index is 12.7. The first-order valence-corrected chi connectivity index (χ1v) is 11.0. The van der Waals surface area contributed by atoms with Gasteiger partial charge >= 0.3 is 0 Å². The summed E-state index contributed by atoms with van der Waals surface area (Å²) >= 11 is 0. The summed E-state index contributed by atoms with van der Waals surface area (Å²) in [5, 5.41) is 3.43. The highest BCUT2D eigenvalue weighted by molar-refractivity contribution is 7.89. The molecule has 2 N–H and O–H groups in total. The SMILES string of the molecule is Cc1cc(C)cc(NCCC(C)CNS(=O)(=O)c2c(C)cc(C)cc2C)c1. The summed E-state index contributed by atoms with van der Waals surface area (Å²) in [6.07, 6.45) is 0.890. The molecule has 0 amide bonds. The van der Waals surface area contributed by atoms with Gasteiger partial charge in [0.15, 0.2) is 0 Å². The van der Waals surface area contributed by atoms with Crippen molar-refractivity contribution in [3.05, 3.63) is 58.1 Å². The Morgan fingerprint density at radius 2 is 1.37 bits per heavy atom. The van der Waals surface area contributed by atoms with Crippen LogP contribution in [0.25, 0.3) is 0 Å². The number of aryl methyl sites for hydroxylation is 5. The Labute approximate surface area is 164 Å². The summed E-state index contributed by atoms with van der Waals surface area (Å²) in [7, 11) is -3.49. The number of hydrogen-bond acceptors (Lipinski definition) is 3. The van der Waals surface area contributed by atoms with E-state index in [1.54, 1.807) is 0 Å². The molecule has 0 aliphatic heterocycles. The Hall–Kier alpha value is -1.85. The first-order valence-electron chi connectivity index (χ1n) is 9.48. The van der Waals surface area contributed by atoms with E-state index in [2.05, 4.69) is 49.0 Å². The zero-order valence-corrected chi connectivity index (χ0v) is 18.1. The van der Waals surface area contributed by atoms with Crippen molar-refractivity contribution in [2.75, 3.05) is 18.4 Å². The van der Waals surface area contributed by atoms with E-state index in [1.165, 1.54) is 11.1 Å². The molecule has 0 spiro atoms. The van der Waals surface area contributed by atoms with Gasteiger partial charge in [0, 0.05) is 18.8 Å². The Bertz CT molecular complexity index is 861. The van der Waals surface area contributed by atoms with Crippen LogP contribution in [0.15, 0.2) is 35.2 Å². The fraction of sp³-hybridized carbons (Fsp3) is 0.455. The first kappa shape index (κ1) is 21.5. The molecule has 2 aromatic rings. The Balaban J connectivity index is 1.90. The molecule has 0 radical (unpaired) electrons. The minimum absolute atomic E-state index is 0.240. The highest BCUT2D eigenvalue weighted by Crippen LogP contribution is 2.22. The topological polar surface area (TPSA) is 58.2 Å². The molecule has 2 aromatic carbocycles. The Kier molecular flexibility index (Phi) is 7.06. The van der Waals surface area contributed by atoms with Gasteiger partial charge in [0.2, 0.25) is 10.0 Å². The van der Waals surface area contributed by atoms with E-state index in [9.17, 15) is 8.42 Å². The fourth-order valence-corrected chi connectivity index (χ4v) is 5.17. The summed E-state index contributed by atoms with van der Waals surface area (Å²) in [4.78, 5) is 0.411. The fourth-order valence-electron chi connectivity index (χ4n) is 3.56. The molecule has 0 saturated heterocycles. The molecular formula is C22H32N2O2S. The lowest BCUT2D eigenvalue weighted by Crippen LogP contribution is -2.30. The molecule has 148 valence electrons. The summed E-state index contributed by atoms with van der Waals surface area (Å²) in [6.45, 7) is 13.2. The number of rotatable bonds is 8. The predicted molar refractivity (Wildman–Crippen MR) is 114 cm³/mol. The molecule has 1 atom stereocenters. The van der Waals surface area contributed by atoms with Crippen LogP contribution in [0.4, 0.5) is 5.69 Å². The van der Waals surface area contributed by atoms with Crippen molar-refractivity contribution in [2.24, 2.45) is 5.92 Å². The molecule has 0 aromatic heterocycles. The van der Waals surface area contributed by atoms with Gasteiger partial charge in [0.05, 0.1) is 4.90 Å². The summed E-state index contributed by atoms with van der Waals surface area (Å²) < 4.78 is 28.3. The van der Waals surface area contributed by atoms with E-state index < -0.39 is 10.0 Å². The van der Waals surface area contributed by atoms with E-state index in [0.29, 0.717) is 11.4 Å². The lowest BCUT2D eigenvalue weighted by molar-refractivity contribution is 0.520. The number of nitrogens with one attached hydrogen (secondary N) is 2. The van der Waals surface area contributed by atoms with Crippen molar-refractivity contribution in [2.45, 2.75) is 52.9 Å². The number of sulfonamides is 1. The third kappa shape index (κ3) is 6.08. The molecule has 0 heterocycles. The predicted octanol–water partition coefficient (Wildman–Crippen LogP) is 4.65. The van der Waals surface area contributed by atoms with Crippen LogP contribution in [0.3, 0.4) is 0 Å². The van der Waals surface area contributed by atoms with Crippen LogP contribution in [-0.2, 0) is 10.0 Å². The lowest BCUT2D eigenvalue weighted by atomic mass is 10.1. The second-order valence-electron chi connectivity index (χ2n) is 7.78. The second kappa shape index (κ2) is 8.89. The van der Waals surface area contributed by atoms with Crippen LogP contribution in [0.2, 0.25) is 0 Å². The normalized spacial score (nSPS) is 12.8.